The van der Waals surface area contributed by atoms with E-state index in [1.54, 1.807) is 6.20 Å². The zero-order valence-electron chi connectivity index (χ0n) is 12.7. The van der Waals surface area contributed by atoms with Crippen LogP contribution in [0.2, 0.25) is 0 Å². The van der Waals surface area contributed by atoms with Gasteiger partial charge in [0.25, 0.3) is 0 Å². The van der Waals surface area contributed by atoms with Crippen molar-refractivity contribution in [3.05, 3.63) is 90.1 Å². The highest BCUT2D eigenvalue weighted by Gasteiger charge is 2.14. The van der Waals surface area contributed by atoms with E-state index >= 15 is 0 Å². The van der Waals surface area contributed by atoms with Gasteiger partial charge in [0.2, 0.25) is 10.0 Å². The van der Waals surface area contributed by atoms with E-state index in [1.165, 1.54) is 0 Å². The summed E-state index contributed by atoms with van der Waals surface area (Å²) in [6.07, 6.45) is 2.71. The van der Waals surface area contributed by atoms with Crippen molar-refractivity contribution in [3.63, 3.8) is 0 Å². The highest BCUT2D eigenvalue weighted by Crippen LogP contribution is 2.34. The van der Waals surface area contributed by atoms with Crippen molar-refractivity contribution >= 4 is 15.6 Å². The van der Waals surface area contributed by atoms with Crippen LogP contribution in [0.3, 0.4) is 0 Å². The molecule has 0 saturated carbocycles. The lowest BCUT2D eigenvalue weighted by Gasteiger charge is -2.10. The van der Waals surface area contributed by atoms with Crippen molar-refractivity contribution in [1.29, 1.82) is 0 Å². The Morgan fingerprint density at radius 1 is 0.870 bits per heavy atom. The number of nitrogens with one attached hydrogen (secondary N) is 1. The first kappa shape index (κ1) is 15.3. The van der Waals surface area contributed by atoms with E-state index in [2.05, 4.69) is 4.72 Å². The van der Waals surface area contributed by atoms with Crippen LogP contribution in [0.15, 0.2) is 79.0 Å². The van der Waals surface area contributed by atoms with Gasteiger partial charge in [0.1, 0.15) is 0 Å². The lowest BCUT2D eigenvalue weighted by atomic mass is 9.97. The third kappa shape index (κ3) is 3.60. The molecule has 3 nitrogen and oxygen atoms in total. The largest absolute Gasteiger partial charge is 0.290 e. The molecule has 3 rings (SSSR count). The maximum Gasteiger partial charge on any atom is 0.229 e. The fourth-order valence-corrected chi connectivity index (χ4v) is 2.88. The summed E-state index contributed by atoms with van der Waals surface area (Å²) < 4.78 is 25.5. The Labute approximate surface area is 136 Å². The standard InChI is InChI=1S/C19H17NO2S/c1-23(21,22)20-14-19(15-8-4-2-5-9-15)18-13-12-16-10-6-3-7-11-17(16)18/h2-14,20H,1H3. The predicted molar refractivity (Wildman–Crippen MR) is 94.6 cm³/mol. The number of hydrogen-bond donors (Lipinski definition) is 1. The lowest BCUT2D eigenvalue weighted by molar-refractivity contribution is 0.596. The van der Waals surface area contributed by atoms with Gasteiger partial charge >= 0.3 is 0 Å². The summed E-state index contributed by atoms with van der Waals surface area (Å²) in [5.41, 5.74) is 5.00. The van der Waals surface area contributed by atoms with Gasteiger partial charge in [-0.3, -0.25) is 4.72 Å². The minimum Gasteiger partial charge on any atom is -0.290 e. The molecule has 1 N–H and O–H groups in total. The summed E-state index contributed by atoms with van der Waals surface area (Å²) >= 11 is 0. The first-order chi connectivity index (χ1) is 11.0. The van der Waals surface area contributed by atoms with Crippen LogP contribution in [0.1, 0.15) is 11.1 Å². The molecule has 0 aromatic heterocycles. The zero-order valence-corrected chi connectivity index (χ0v) is 13.5. The summed E-state index contributed by atoms with van der Waals surface area (Å²) in [6.45, 7) is 0. The summed E-state index contributed by atoms with van der Waals surface area (Å²) in [7, 11) is -3.31. The van der Waals surface area contributed by atoms with Crippen LogP contribution in [0.4, 0.5) is 0 Å². The molecule has 0 fully saturated rings. The summed E-state index contributed by atoms with van der Waals surface area (Å²) in [5.74, 6) is 0. The molecule has 0 aliphatic heterocycles. The van der Waals surface area contributed by atoms with Crippen LogP contribution in [0.5, 0.6) is 0 Å². The van der Waals surface area contributed by atoms with E-state index in [9.17, 15) is 8.42 Å². The van der Waals surface area contributed by atoms with Crippen LogP contribution in [0, 0.1) is 0 Å². The number of fused-ring (bicyclic) bond motifs is 1. The quantitative estimate of drug-likeness (QED) is 0.795. The topological polar surface area (TPSA) is 46.2 Å². The van der Waals surface area contributed by atoms with Gasteiger partial charge in [-0.05, 0) is 22.3 Å². The van der Waals surface area contributed by atoms with Gasteiger partial charge < -0.3 is 0 Å². The van der Waals surface area contributed by atoms with Crippen molar-refractivity contribution in [2.45, 2.75) is 0 Å². The van der Waals surface area contributed by atoms with Gasteiger partial charge in [-0.25, -0.2) is 8.42 Å². The Kier molecular flexibility index (Phi) is 4.17. The third-order valence-electron chi connectivity index (χ3n) is 3.58. The molecule has 2 aliphatic carbocycles. The van der Waals surface area contributed by atoms with Crippen LogP contribution in [-0.2, 0) is 10.0 Å². The monoisotopic (exact) mass is 323 g/mol. The summed E-state index contributed by atoms with van der Waals surface area (Å²) in [6, 6.07) is 23.9. The minimum absolute atomic E-state index is 0.845. The molecule has 0 heterocycles. The molecule has 0 atom stereocenters. The van der Waals surface area contributed by atoms with Gasteiger partial charge in [0.05, 0.1) is 6.26 Å². The maximum absolute atomic E-state index is 11.5. The number of sulfonamides is 1. The molecular weight excluding hydrogens is 306 g/mol. The molecule has 4 heteroatoms. The summed E-state index contributed by atoms with van der Waals surface area (Å²) in [4.78, 5) is 0. The van der Waals surface area contributed by atoms with Crippen LogP contribution in [0.25, 0.3) is 16.7 Å². The van der Waals surface area contributed by atoms with Crippen molar-refractivity contribution in [2.75, 3.05) is 6.26 Å². The number of hydrogen-bond acceptors (Lipinski definition) is 2. The molecule has 1 aromatic carbocycles. The maximum atomic E-state index is 11.5. The zero-order chi connectivity index (χ0) is 16.3. The van der Waals surface area contributed by atoms with E-state index in [1.807, 2.05) is 72.8 Å². The third-order valence-corrected chi connectivity index (χ3v) is 4.13. The molecule has 0 unspecified atom stereocenters. The van der Waals surface area contributed by atoms with E-state index in [0.29, 0.717) is 0 Å². The smallest absolute Gasteiger partial charge is 0.229 e. The van der Waals surface area contributed by atoms with E-state index in [4.69, 9.17) is 0 Å². The predicted octanol–water partition coefficient (Wildman–Crippen LogP) is 3.73. The first-order valence-electron chi connectivity index (χ1n) is 7.26. The lowest BCUT2D eigenvalue weighted by Crippen LogP contribution is -2.15. The molecule has 23 heavy (non-hydrogen) atoms. The summed E-state index contributed by atoms with van der Waals surface area (Å²) in [5, 5.41) is 0. The average Bonchev–Trinajstić information content (AvgIpc) is 2.77. The van der Waals surface area contributed by atoms with E-state index in [0.717, 1.165) is 34.1 Å². The van der Waals surface area contributed by atoms with E-state index in [-0.39, 0.29) is 0 Å². The van der Waals surface area contributed by atoms with Crippen molar-refractivity contribution in [1.82, 2.24) is 4.72 Å². The fourth-order valence-electron chi connectivity index (χ4n) is 2.55. The molecule has 2 aliphatic rings. The number of benzene rings is 1. The van der Waals surface area contributed by atoms with Gasteiger partial charge in [-0.1, -0.05) is 72.8 Å². The van der Waals surface area contributed by atoms with Crippen molar-refractivity contribution < 1.29 is 8.42 Å². The SMILES string of the molecule is CS(=O)(=O)NC=C(c1ccccc1)c1ccc2cccccc1-2. The minimum atomic E-state index is -3.31. The van der Waals surface area contributed by atoms with Crippen LogP contribution in [-0.4, -0.2) is 14.7 Å². The van der Waals surface area contributed by atoms with Gasteiger partial charge in [0, 0.05) is 11.8 Å². The second-order valence-corrected chi connectivity index (χ2v) is 7.12. The van der Waals surface area contributed by atoms with Crippen LogP contribution >= 0.6 is 0 Å². The molecule has 116 valence electrons. The molecular formula is C19H17NO2S. The highest BCUT2D eigenvalue weighted by molar-refractivity contribution is 7.88. The second-order valence-electron chi connectivity index (χ2n) is 5.34. The average molecular weight is 323 g/mol. The normalized spacial score (nSPS) is 12.3. The first-order valence-corrected chi connectivity index (χ1v) is 9.15. The molecule has 0 bridgehead atoms. The Balaban J connectivity index is 2.16. The molecule has 0 spiro atoms. The Morgan fingerprint density at radius 2 is 1.52 bits per heavy atom. The molecule has 0 saturated heterocycles. The molecule has 1 aromatic rings. The van der Waals surface area contributed by atoms with Gasteiger partial charge in [-0.2, -0.15) is 0 Å². The Hall–Kier alpha value is -2.59. The van der Waals surface area contributed by atoms with Gasteiger partial charge in [-0.15, -0.1) is 0 Å². The Bertz CT molecular complexity index is 915. The van der Waals surface area contributed by atoms with E-state index < -0.39 is 10.0 Å². The van der Waals surface area contributed by atoms with Crippen molar-refractivity contribution in [3.8, 4) is 11.1 Å². The van der Waals surface area contributed by atoms with Gasteiger partial charge in [0.15, 0.2) is 0 Å². The van der Waals surface area contributed by atoms with Crippen LogP contribution < -0.4 is 4.72 Å². The molecule has 0 amide bonds. The fraction of sp³-hybridized carbons (Fsp3) is 0.0526. The Morgan fingerprint density at radius 3 is 2.22 bits per heavy atom. The molecule has 0 radical (unpaired) electrons. The van der Waals surface area contributed by atoms with Crippen molar-refractivity contribution in [2.24, 2.45) is 0 Å². The highest BCUT2D eigenvalue weighted by atomic mass is 32.2. The second kappa shape index (κ2) is 6.26. The number of rotatable bonds is 4.